The van der Waals surface area contributed by atoms with Crippen molar-refractivity contribution in [2.24, 2.45) is 11.7 Å². The van der Waals surface area contributed by atoms with Gasteiger partial charge in [-0.2, -0.15) is 4.98 Å². The van der Waals surface area contributed by atoms with Crippen molar-refractivity contribution >= 4 is 0 Å². The molecule has 0 fully saturated rings. The molecule has 2 N–H and O–H groups in total. The standard InChI is InChI=1S/C11H21N3O/c1-5-8(4)10-13-11(15-14-10)9(12)6-7(2)3/h7-9H,5-6,12H2,1-4H3/t8?,9-/m0/s1. The molecule has 4 nitrogen and oxygen atoms in total. The molecule has 0 aliphatic carbocycles. The van der Waals surface area contributed by atoms with Crippen molar-refractivity contribution in [3.8, 4) is 0 Å². The van der Waals surface area contributed by atoms with Gasteiger partial charge in [0.2, 0.25) is 5.89 Å². The zero-order valence-electron chi connectivity index (χ0n) is 10.0. The van der Waals surface area contributed by atoms with Gasteiger partial charge in [-0.1, -0.05) is 32.9 Å². The lowest BCUT2D eigenvalue weighted by atomic mass is 10.0. The van der Waals surface area contributed by atoms with Gasteiger partial charge in [-0.05, 0) is 18.8 Å². The normalized spacial score (nSPS) is 15.6. The second-order valence-electron chi connectivity index (χ2n) is 4.54. The first-order valence-corrected chi connectivity index (χ1v) is 5.63. The van der Waals surface area contributed by atoms with E-state index in [9.17, 15) is 0 Å². The highest BCUT2D eigenvalue weighted by Crippen LogP contribution is 2.20. The fourth-order valence-electron chi connectivity index (χ4n) is 1.39. The first kappa shape index (κ1) is 12.2. The van der Waals surface area contributed by atoms with E-state index < -0.39 is 0 Å². The van der Waals surface area contributed by atoms with Crippen LogP contribution < -0.4 is 5.73 Å². The van der Waals surface area contributed by atoms with E-state index >= 15 is 0 Å². The lowest BCUT2D eigenvalue weighted by molar-refractivity contribution is 0.331. The van der Waals surface area contributed by atoms with Crippen LogP contribution in [0.3, 0.4) is 0 Å². The first-order valence-electron chi connectivity index (χ1n) is 5.63. The molecule has 0 saturated carbocycles. The quantitative estimate of drug-likeness (QED) is 0.813. The highest BCUT2D eigenvalue weighted by molar-refractivity contribution is 4.96. The van der Waals surface area contributed by atoms with Crippen LogP contribution in [0.4, 0.5) is 0 Å². The summed E-state index contributed by atoms with van der Waals surface area (Å²) in [6, 6.07) is -0.129. The smallest absolute Gasteiger partial charge is 0.243 e. The van der Waals surface area contributed by atoms with Crippen molar-refractivity contribution in [3.63, 3.8) is 0 Å². The molecule has 0 spiro atoms. The molecule has 1 aromatic rings. The second kappa shape index (κ2) is 5.26. The fourth-order valence-corrected chi connectivity index (χ4v) is 1.39. The summed E-state index contributed by atoms with van der Waals surface area (Å²) < 4.78 is 5.16. The predicted molar refractivity (Wildman–Crippen MR) is 59.4 cm³/mol. The Morgan fingerprint density at radius 3 is 2.53 bits per heavy atom. The molecule has 0 aromatic carbocycles. The van der Waals surface area contributed by atoms with Crippen LogP contribution in [0.15, 0.2) is 4.52 Å². The Morgan fingerprint density at radius 1 is 1.33 bits per heavy atom. The third kappa shape index (κ3) is 3.30. The van der Waals surface area contributed by atoms with E-state index in [0.717, 1.165) is 18.7 Å². The number of rotatable bonds is 5. The van der Waals surface area contributed by atoms with Crippen molar-refractivity contribution in [3.05, 3.63) is 11.7 Å². The SMILES string of the molecule is CCC(C)c1noc([C@@H](N)CC(C)C)n1. The van der Waals surface area contributed by atoms with Crippen LogP contribution in [0.5, 0.6) is 0 Å². The van der Waals surface area contributed by atoms with E-state index in [1.165, 1.54) is 0 Å². The van der Waals surface area contributed by atoms with Gasteiger partial charge in [-0.25, -0.2) is 0 Å². The Balaban J connectivity index is 2.66. The third-order valence-corrected chi connectivity index (χ3v) is 2.55. The van der Waals surface area contributed by atoms with Gasteiger partial charge in [0.25, 0.3) is 0 Å². The van der Waals surface area contributed by atoms with E-state index in [1.807, 2.05) is 0 Å². The molecule has 0 radical (unpaired) electrons. The van der Waals surface area contributed by atoms with Crippen LogP contribution in [-0.4, -0.2) is 10.1 Å². The van der Waals surface area contributed by atoms with Crippen LogP contribution in [0.25, 0.3) is 0 Å². The van der Waals surface area contributed by atoms with Crippen molar-refractivity contribution in [2.45, 2.75) is 52.5 Å². The number of nitrogens with two attached hydrogens (primary N) is 1. The summed E-state index contributed by atoms with van der Waals surface area (Å²) in [6.45, 7) is 8.45. The van der Waals surface area contributed by atoms with Crippen molar-refractivity contribution < 1.29 is 4.52 Å². The number of nitrogens with zero attached hydrogens (tertiary/aromatic N) is 2. The number of hydrogen-bond acceptors (Lipinski definition) is 4. The number of aromatic nitrogens is 2. The summed E-state index contributed by atoms with van der Waals surface area (Å²) in [4.78, 5) is 4.33. The minimum atomic E-state index is -0.129. The predicted octanol–water partition coefficient (Wildman–Crippen LogP) is 2.63. The van der Waals surface area contributed by atoms with Gasteiger partial charge < -0.3 is 10.3 Å². The summed E-state index contributed by atoms with van der Waals surface area (Å²) in [6.07, 6.45) is 1.89. The van der Waals surface area contributed by atoms with Gasteiger partial charge in [0.15, 0.2) is 5.82 Å². The molecule has 1 rings (SSSR count). The third-order valence-electron chi connectivity index (χ3n) is 2.55. The maximum Gasteiger partial charge on any atom is 0.243 e. The molecule has 1 aromatic heterocycles. The molecule has 0 aliphatic rings. The Labute approximate surface area is 91.2 Å². The number of hydrogen-bond donors (Lipinski definition) is 1. The van der Waals surface area contributed by atoms with Gasteiger partial charge >= 0.3 is 0 Å². The van der Waals surface area contributed by atoms with E-state index in [0.29, 0.717) is 17.7 Å². The van der Waals surface area contributed by atoms with E-state index in [1.54, 1.807) is 0 Å². The molecule has 4 heteroatoms. The van der Waals surface area contributed by atoms with Crippen molar-refractivity contribution in [2.75, 3.05) is 0 Å². The van der Waals surface area contributed by atoms with Gasteiger partial charge in [0.05, 0.1) is 6.04 Å². The average molecular weight is 211 g/mol. The highest BCUT2D eigenvalue weighted by Gasteiger charge is 2.18. The minimum absolute atomic E-state index is 0.129. The molecular formula is C11H21N3O. The summed E-state index contributed by atoms with van der Waals surface area (Å²) in [7, 11) is 0. The molecule has 0 bridgehead atoms. The largest absolute Gasteiger partial charge is 0.338 e. The first-order chi connectivity index (χ1) is 7.04. The second-order valence-corrected chi connectivity index (χ2v) is 4.54. The Hall–Kier alpha value is -0.900. The topological polar surface area (TPSA) is 64.9 Å². The lowest BCUT2D eigenvalue weighted by Crippen LogP contribution is -2.13. The maximum absolute atomic E-state index is 5.95. The molecule has 0 saturated heterocycles. The highest BCUT2D eigenvalue weighted by atomic mass is 16.5. The summed E-state index contributed by atoms with van der Waals surface area (Å²) in [5, 5.41) is 3.95. The van der Waals surface area contributed by atoms with E-state index in [2.05, 4.69) is 37.8 Å². The fraction of sp³-hybridized carbons (Fsp3) is 0.818. The van der Waals surface area contributed by atoms with Crippen LogP contribution >= 0.6 is 0 Å². The molecule has 15 heavy (non-hydrogen) atoms. The van der Waals surface area contributed by atoms with Crippen LogP contribution in [0.2, 0.25) is 0 Å². The minimum Gasteiger partial charge on any atom is -0.338 e. The Kier molecular flexibility index (Phi) is 4.27. The van der Waals surface area contributed by atoms with Gasteiger partial charge in [0, 0.05) is 5.92 Å². The van der Waals surface area contributed by atoms with Gasteiger partial charge in [-0.15, -0.1) is 0 Å². The zero-order chi connectivity index (χ0) is 11.4. The van der Waals surface area contributed by atoms with Crippen LogP contribution in [0.1, 0.15) is 64.2 Å². The maximum atomic E-state index is 5.95. The zero-order valence-corrected chi connectivity index (χ0v) is 10.0. The van der Waals surface area contributed by atoms with E-state index in [4.69, 9.17) is 10.3 Å². The van der Waals surface area contributed by atoms with Gasteiger partial charge in [-0.3, -0.25) is 0 Å². The monoisotopic (exact) mass is 211 g/mol. The molecule has 2 atom stereocenters. The summed E-state index contributed by atoms with van der Waals surface area (Å²) in [5.41, 5.74) is 5.95. The Morgan fingerprint density at radius 2 is 2.00 bits per heavy atom. The van der Waals surface area contributed by atoms with Crippen molar-refractivity contribution in [1.29, 1.82) is 0 Å². The summed E-state index contributed by atoms with van der Waals surface area (Å²) >= 11 is 0. The molecule has 1 heterocycles. The van der Waals surface area contributed by atoms with Crippen molar-refractivity contribution in [1.82, 2.24) is 10.1 Å². The van der Waals surface area contributed by atoms with Gasteiger partial charge in [0.1, 0.15) is 0 Å². The molecule has 0 aliphatic heterocycles. The average Bonchev–Trinajstić information content (AvgIpc) is 2.64. The van der Waals surface area contributed by atoms with Crippen LogP contribution in [0, 0.1) is 5.92 Å². The van der Waals surface area contributed by atoms with Crippen LogP contribution in [-0.2, 0) is 0 Å². The molecule has 0 amide bonds. The molecular weight excluding hydrogens is 190 g/mol. The molecule has 86 valence electrons. The Bertz CT molecular complexity index is 296. The summed E-state index contributed by atoms with van der Waals surface area (Å²) in [5.74, 6) is 2.22. The lowest BCUT2D eigenvalue weighted by Gasteiger charge is -2.08. The van der Waals surface area contributed by atoms with E-state index in [-0.39, 0.29) is 6.04 Å². The molecule has 1 unspecified atom stereocenters.